The molecule has 138 valence electrons. The quantitative estimate of drug-likeness (QED) is 0.735. The Hall–Kier alpha value is -3.85. The van der Waals surface area contributed by atoms with Gasteiger partial charge in [0.05, 0.1) is 31.0 Å². The number of benzene rings is 2. The van der Waals surface area contributed by atoms with Gasteiger partial charge in [0.1, 0.15) is 17.9 Å². The number of methoxy groups -OCH3 is 1. The van der Waals surface area contributed by atoms with Crippen molar-refractivity contribution in [3.8, 4) is 11.8 Å². The second-order valence-corrected chi connectivity index (χ2v) is 6.49. The molecule has 2 aromatic carbocycles. The number of hydrogen-bond donors (Lipinski definition) is 1. The molecule has 0 fully saturated rings. The molecular formula is C22H19N5O. The third kappa shape index (κ3) is 3.38. The molecule has 28 heavy (non-hydrogen) atoms. The van der Waals surface area contributed by atoms with E-state index in [0.29, 0.717) is 12.1 Å². The molecule has 0 spiro atoms. The smallest absolute Gasteiger partial charge is 0.141 e. The summed E-state index contributed by atoms with van der Waals surface area (Å²) >= 11 is 0. The van der Waals surface area contributed by atoms with Crippen molar-refractivity contribution in [2.24, 2.45) is 0 Å². The van der Waals surface area contributed by atoms with Crippen LogP contribution >= 0.6 is 0 Å². The van der Waals surface area contributed by atoms with Crippen LogP contribution in [0.5, 0.6) is 5.75 Å². The fourth-order valence-electron chi connectivity index (χ4n) is 3.18. The van der Waals surface area contributed by atoms with Gasteiger partial charge in [-0.05, 0) is 48.9 Å². The van der Waals surface area contributed by atoms with Gasteiger partial charge in [-0.25, -0.2) is 9.97 Å². The molecule has 0 saturated carbocycles. The fraction of sp³-hybridized carbons (Fsp3) is 0.136. The van der Waals surface area contributed by atoms with Gasteiger partial charge in [-0.2, -0.15) is 5.26 Å². The number of fused-ring (bicyclic) bond motifs is 1. The number of nitrogens with zero attached hydrogens (tertiary/aromatic N) is 4. The van der Waals surface area contributed by atoms with E-state index in [1.54, 1.807) is 13.4 Å². The number of aromatic nitrogens is 2. The van der Waals surface area contributed by atoms with Crippen molar-refractivity contribution in [1.29, 1.82) is 5.26 Å². The van der Waals surface area contributed by atoms with Crippen molar-refractivity contribution in [3.63, 3.8) is 0 Å². The molecule has 3 aromatic rings. The van der Waals surface area contributed by atoms with Crippen LogP contribution in [0.25, 0.3) is 6.08 Å². The molecule has 2 heterocycles. The van der Waals surface area contributed by atoms with Crippen molar-refractivity contribution >= 4 is 23.3 Å². The van der Waals surface area contributed by atoms with Gasteiger partial charge in [0.15, 0.2) is 0 Å². The van der Waals surface area contributed by atoms with Crippen LogP contribution in [0.3, 0.4) is 0 Å². The molecule has 0 aliphatic carbocycles. The highest BCUT2D eigenvalue weighted by molar-refractivity contribution is 5.74. The molecular weight excluding hydrogens is 350 g/mol. The van der Waals surface area contributed by atoms with Crippen LogP contribution in [0.15, 0.2) is 55.0 Å². The lowest BCUT2D eigenvalue weighted by molar-refractivity contribution is 0.415. The molecule has 0 atom stereocenters. The molecule has 6 nitrogen and oxygen atoms in total. The third-order valence-corrected chi connectivity index (χ3v) is 4.70. The average molecular weight is 369 g/mol. The monoisotopic (exact) mass is 369 g/mol. The maximum Gasteiger partial charge on any atom is 0.141 e. The molecule has 6 heteroatoms. The van der Waals surface area contributed by atoms with Gasteiger partial charge < -0.3 is 15.0 Å². The molecule has 1 aliphatic rings. The van der Waals surface area contributed by atoms with E-state index in [2.05, 4.69) is 26.3 Å². The van der Waals surface area contributed by atoms with Crippen molar-refractivity contribution in [3.05, 3.63) is 77.4 Å². The first-order chi connectivity index (χ1) is 13.7. The largest absolute Gasteiger partial charge is 0.497 e. The van der Waals surface area contributed by atoms with Crippen LogP contribution < -0.4 is 15.0 Å². The molecule has 0 saturated heterocycles. The highest BCUT2D eigenvalue weighted by atomic mass is 16.5. The zero-order chi connectivity index (χ0) is 19.5. The number of aryl methyl sites for hydroxylation is 1. The van der Waals surface area contributed by atoms with Gasteiger partial charge in [-0.1, -0.05) is 6.07 Å². The Morgan fingerprint density at radius 2 is 2.07 bits per heavy atom. The predicted molar refractivity (Wildman–Crippen MR) is 109 cm³/mol. The number of ether oxygens (including phenoxy) is 1. The standard InChI is InChI=1S/C22H19N5O/c1-15-10-18(7-6-16(15)12-23)27-9-8-20-21(13-27)24-14-25-22(20)26-17-4-3-5-19(11-17)28-2/h3-11,14H,13H2,1-2H3,(H,24,25,26). The van der Waals surface area contributed by atoms with Crippen LogP contribution in [0, 0.1) is 18.3 Å². The van der Waals surface area contributed by atoms with E-state index in [-0.39, 0.29) is 0 Å². The Kier molecular flexibility index (Phi) is 4.65. The van der Waals surface area contributed by atoms with E-state index in [1.807, 2.05) is 61.7 Å². The van der Waals surface area contributed by atoms with Crippen LogP contribution in [0.2, 0.25) is 0 Å². The van der Waals surface area contributed by atoms with E-state index in [0.717, 1.165) is 39.8 Å². The molecule has 0 unspecified atom stereocenters. The topological polar surface area (TPSA) is 74.1 Å². The van der Waals surface area contributed by atoms with Gasteiger partial charge in [-0.15, -0.1) is 0 Å². The maximum absolute atomic E-state index is 9.13. The Labute approximate surface area is 163 Å². The summed E-state index contributed by atoms with van der Waals surface area (Å²) in [4.78, 5) is 11.0. The van der Waals surface area contributed by atoms with Gasteiger partial charge in [0.2, 0.25) is 0 Å². The summed E-state index contributed by atoms with van der Waals surface area (Å²) in [6, 6.07) is 15.8. The van der Waals surface area contributed by atoms with E-state index < -0.39 is 0 Å². The maximum atomic E-state index is 9.13. The summed E-state index contributed by atoms with van der Waals surface area (Å²) in [6.45, 7) is 2.58. The van der Waals surface area contributed by atoms with Gasteiger partial charge in [0, 0.05) is 29.2 Å². The van der Waals surface area contributed by atoms with E-state index in [1.165, 1.54) is 0 Å². The molecule has 0 radical (unpaired) electrons. The second kappa shape index (κ2) is 7.41. The first kappa shape index (κ1) is 17.6. The summed E-state index contributed by atoms with van der Waals surface area (Å²) in [5, 5.41) is 12.5. The molecule has 1 N–H and O–H groups in total. The summed E-state index contributed by atoms with van der Waals surface area (Å²) in [6.07, 6.45) is 5.60. The van der Waals surface area contributed by atoms with Crippen molar-refractivity contribution < 1.29 is 4.74 Å². The molecule has 0 amide bonds. The number of nitriles is 1. The first-order valence-corrected chi connectivity index (χ1v) is 8.88. The summed E-state index contributed by atoms with van der Waals surface area (Å²) in [7, 11) is 1.65. The molecule has 1 aliphatic heterocycles. The lowest BCUT2D eigenvalue weighted by Crippen LogP contribution is -2.21. The van der Waals surface area contributed by atoms with Crippen LogP contribution in [0.4, 0.5) is 17.2 Å². The molecule has 0 bridgehead atoms. The van der Waals surface area contributed by atoms with Crippen LogP contribution in [0.1, 0.15) is 22.4 Å². The number of hydrogen-bond acceptors (Lipinski definition) is 6. The zero-order valence-electron chi connectivity index (χ0n) is 15.7. The summed E-state index contributed by atoms with van der Waals surface area (Å²) < 4.78 is 5.28. The van der Waals surface area contributed by atoms with Crippen molar-refractivity contribution in [2.75, 3.05) is 17.3 Å². The predicted octanol–water partition coefficient (Wildman–Crippen LogP) is 4.40. The van der Waals surface area contributed by atoms with Crippen molar-refractivity contribution in [1.82, 2.24) is 9.97 Å². The zero-order valence-corrected chi connectivity index (χ0v) is 15.7. The number of anilines is 3. The summed E-state index contributed by atoms with van der Waals surface area (Å²) in [5.41, 5.74) is 5.48. The highest BCUT2D eigenvalue weighted by Gasteiger charge is 2.18. The SMILES string of the molecule is COc1cccc(Nc2ncnc3c2C=CN(c2ccc(C#N)c(C)c2)C3)c1. The van der Waals surface area contributed by atoms with Gasteiger partial charge >= 0.3 is 0 Å². The third-order valence-electron chi connectivity index (χ3n) is 4.70. The first-order valence-electron chi connectivity index (χ1n) is 8.88. The Balaban J connectivity index is 1.61. The van der Waals surface area contributed by atoms with Crippen molar-refractivity contribution in [2.45, 2.75) is 13.5 Å². The lowest BCUT2D eigenvalue weighted by atomic mass is 10.1. The minimum Gasteiger partial charge on any atom is -0.497 e. The number of rotatable bonds is 4. The minimum absolute atomic E-state index is 0.631. The van der Waals surface area contributed by atoms with Gasteiger partial charge in [0.25, 0.3) is 0 Å². The normalized spacial score (nSPS) is 12.2. The fourth-order valence-corrected chi connectivity index (χ4v) is 3.18. The minimum atomic E-state index is 0.631. The molecule has 1 aromatic heterocycles. The van der Waals surface area contributed by atoms with Crippen LogP contribution in [-0.4, -0.2) is 17.1 Å². The Morgan fingerprint density at radius 3 is 2.86 bits per heavy atom. The Bertz CT molecular complexity index is 1100. The second-order valence-electron chi connectivity index (χ2n) is 6.49. The van der Waals surface area contributed by atoms with Gasteiger partial charge in [-0.3, -0.25) is 0 Å². The number of nitrogens with one attached hydrogen (secondary N) is 1. The molecule has 4 rings (SSSR count). The summed E-state index contributed by atoms with van der Waals surface area (Å²) in [5.74, 6) is 1.54. The van der Waals surface area contributed by atoms with Crippen LogP contribution in [-0.2, 0) is 6.54 Å². The van der Waals surface area contributed by atoms with E-state index >= 15 is 0 Å². The average Bonchev–Trinajstić information content (AvgIpc) is 2.73. The Morgan fingerprint density at radius 1 is 1.18 bits per heavy atom. The lowest BCUT2D eigenvalue weighted by Gasteiger charge is -2.26. The van der Waals surface area contributed by atoms with E-state index in [4.69, 9.17) is 10.00 Å². The highest BCUT2D eigenvalue weighted by Crippen LogP contribution is 2.30. The van der Waals surface area contributed by atoms with E-state index in [9.17, 15) is 0 Å².